The van der Waals surface area contributed by atoms with E-state index in [9.17, 15) is 4.79 Å². The second kappa shape index (κ2) is 9.67. The first-order chi connectivity index (χ1) is 15.0. The Morgan fingerprint density at radius 2 is 1.61 bits per heavy atom. The molecule has 4 rings (SSSR count). The third-order valence-corrected chi connectivity index (χ3v) is 6.22. The number of amides is 1. The van der Waals surface area contributed by atoms with Crippen molar-refractivity contribution < 1.29 is 4.79 Å². The average molecular weight is 437 g/mol. The lowest BCUT2D eigenvalue weighted by molar-refractivity contribution is 0.0759. The summed E-state index contributed by atoms with van der Waals surface area (Å²) in [7, 11) is 0. The van der Waals surface area contributed by atoms with Crippen LogP contribution in [0, 0.1) is 13.8 Å². The van der Waals surface area contributed by atoms with Gasteiger partial charge in [-0.05, 0) is 43.5 Å². The molecule has 0 aliphatic carbocycles. The standard InChI is InChI=1S/C25H29ClN4O/c1-19-24(20(2)30(27-19)18-21-7-4-3-5-8-21)25(31)29-14-6-13-28(15-16-29)17-22-9-11-23(26)12-10-22/h3-5,7-12H,6,13-18H2,1-2H3. The normalized spacial score (nSPS) is 15.1. The van der Waals surface area contributed by atoms with Crippen molar-refractivity contribution in [1.29, 1.82) is 0 Å². The van der Waals surface area contributed by atoms with Gasteiger partial charge in [-0.2, -0.15) is 5.10 Å². The number of rotatable bonds is 5. The number of carbonyl (C=O) groups is 1. The lowest BCUT2D eigenvalue weighted by Gasteiger charge is -2.22. The molecule has 0 bridgehead atoms. The van der Waals surface area contributed by atoms with Crippen LogP contribution >= 0.6 is 11.6 Å². The van der Waals surface area contributed by atoms with Gasteiger partial charge >= 0.3 is 0 Å². The molecule has 5 nitrogen and oxygen atoms in total. The predicted octanol–water partition coefficient (Wildman–Crippen LogP) is 4.55. The van der Waals surface area contributed by atoms with Crippen LogP contribution in [0.4, 0.5) is 0 Å². The van der Waals surface area contributed by atoms with E-state index in [4.69, 9.17) is 11.6 Å². The van der Waals surface area contributed by atoms with Crippen molar-refractivity contribution in [3.05, 3.63) is 87.7 Å². The number of nitrogens with zero attached hydrogens (tertiary/aromatic N) is 4. The number of benzene rings is 2. The van der Waals surface area contributed by atoms with E-state index in [1.807, 2.05) is 53.8 Å². The third-order valence-electron chi connectivity index (χ3n) is 5.97. The number of hydrogen-bond acceptors (Lipinski definition) is 3. The highest BCUT2D eigenvalue weighted by molar-refractivity contribution is 6.30. The Morgan fingerprint density at radius 3 is 2.35 bits per heavy atom. The molecule has 1 fully saturated rings. The Labute approximate surface area is 189 Å². The molecule has 1 aromatic heterocycles. The first-order valence-electron chi connectivity index (χ1n) is 10.9. The van der Waals surface area contributed by atoms with E-state index in [1.54, 1.807) is 0 Å². The second-order valence-corrected chi connectivity index (χ2v) is 8.67. The van der Waals surface area contributed by atoms with Crippen LogP contribution in [0.1, 0.15) is 39.3 Å². The fourth-order valence-corrected chi connectivity index (χ4v) is 4.38. The smallest absolute Gasteiger partial charge is 0.257 e. The molecule has 1 aliphatic heterocycles. The van der Waals surface area contributed by atoms with E-state index < -0.39 is 0 Å². The minimum atomic E-state index is 0.0997. The van der Waals surface area contributed by atoms with Crippen LogP contribution in [0.15, 0.2) is 54.6 Å². The Balaban J connectivity index is 1.43. The van der Waals surface area contributed by atoms with Gasteiger partial charge in [-0.25, -0.2) is 0 Å². The zero-order chi connectivity index (χ0) is 21.8. The summed E-state index contributed by atoms with van der Waals surface area (Å²) in [5.41, 5.74) is 4.93. The van der Waals surface area contributed by atoms with Gasteiger partial charge in [-0.15, -0.1) is 0 Å². The molecule has 2 aromatic carbocycles. The summed E-state index contributed by atoms with van der Waals surface area (Å²) in [4.78, 5) is 17.8. The second-order valence-electron chi connectivity index (χ2n) is 8.24. The quantitative estimate of drug-likeness (QED) is 0.589. The van der Waals surface area contributed by atoms with Crippen LogP contribution in [0.3, 0.4) is 0 Å². The molecule has 0 atom stereocenters. The number of carbonyl (C=O) groups excluding carboxylic acids is 1. The van der Waals surface area contributed by atoms with Gasteiger partial charge in [-0.3, -0.25) is 14.4 Å². The largest absolute Gasteiger partial charge is 0.337 e. The lowest BCUT2D eigenvalue weighted by Crippen LogP contribution is -2.35. The lowest BCUT2D eigenvalue weighted by atomic mass is 10.1. The van der Waals surface area contributed by atoms with Gasteiger partial charge in [0.2, 0.25) is 0 Å². The zero-order valence-corrected chi connectivity index (χ0v) is 19.0. The summed E-state index contributed by atoms with van der Waals surface area (Å²) in [5, 5.41) is 5.43. The van der Waals surface area contributed by atoms with Crippen molar-refractivity contribution in [3.8, 4) is 0 Å². The molecule has 0 N–H and O–H groups in total. The molecule has 162 valence electrons. The van der Waals surface area contributed by atoms with Crippen LogP contribution < -0.4 is 0 Å². The van der Waals surface area contributed by atoms with E-state index >= 15 is 0 Å². The van der Waals surface area contributed by atoms with E-state index in [-0.39, 0.29) is 5.91 Å². The summed E-state index contributed by atoms with van der Waals surface area (Å²) in [6.07, 6.45) is 0.968. The highest BCUT2D eigenvalue weighted by Gasteiger charge is 2.25. The summed E-state index contributed by atoms with van der Waals surface area (Å²) >= 11 is 6.00. The molecular weight excluding hydrogens is 408 g/mol. The van der Waals surface area contributed by atoms with E-state index in [1.165, 1.54) is 11.1 Å². The molecule has 2 heterocycles. The summed E-state index contributed by atoms with van der Waals surface area (Å²) in [6.45, 7) is 8.85. The van der Waals surface area contributed by atoms with Crippen molar-refractivity contribution in [2.24, 2.45) is 0 Å². The van der Waals surface area contributed by atoms with Crippen molar-refractivity contribution in [2.45, 2.75) is 33.4 Å². The Kier molecular flexibility index (Phi) is 6.73. The fraction of sp³-hybridized carbons (Fsp3) is 0.360. The Bertz CT molecular complexity index is 1030. The van der Waals surface area contributed by atoms with Crippen molar-refractivity contribution in [3.63, 3.8) is 0 Å². The van der Waals surface area contributed by atoms with Crippen molar-refractivity contribution >= 4 is 17.5 Å². The highest BCUT2D eigenvalue weighted by atomic mass is 35.5. The maximum absolute atomic E-state index is 13.4. The Hall–Kier alpha value is -2.63. The van der Waals surface area contributed by atoms with E-state index in [0.29, 0.717) is 6.54 Å². The Morgan fingerprint density at radius 1 is 0.903 bits per heavy atom. The predicted molar refractivity (Wildman–Crippen MR) is 124 cm³/mol. The van der Waals surface area contributed by atoms with Gasteiger partial charge in [0.05, 0.1) is 17.8 Å². The molecule has 0 saturated carbocycles. The molecular formula is C25H29ClN4O. The molecule has 1 amide bonds. The van der Waals surface area contributed by atoms with Crippen molar-refractivity contribution in [1.82, 2.24) is 19.6 Å². The minimum Gasteiger partial charge on any atom is -0.337 e. The topological polar surface area (TPSA) is 41.4 Å². The summed E-state index contributed by atoms with van der Waals surface area (Å²) in [6, 6.07) is 18.2. The number of aryl methyl sites for hydroxylation is 1. The van der Waals surface area contributed by atoms with Crippen molar-refractivity contribution in [2.75, 3.05) is 26.2 Å². The molecule has 6 heteroatoms. The molecule has 1 saturated heterocycles. The molecule has 3 aromatic rings. The molecule has 0 unspecified atom stereocenters. The highest BCUT2D eigenvalue weighted by Crippen LogP contribution is 2.19. The van der Waals surface area contributed by atoms with Crippen LogP contribution in [0.2, 0.25) is 5.02 Å². The maximum Gasteiger partial charge on any atom is 0.257 e. The molecule has 0 radical (unpaired) electrons. The minimum absolute atomic E-state index is 0.0997. The van der Waals surface area contributed by atoms with Gasteiger partial charge in [-0.1, -0.05) is 54.1 Å². The zero-order valence-electron chi connectivity index (χ0n) is 18.2. The molecule has 1 aliphatic rings. The fourth-order valence-electron chi connectivity index (χ4n) is 4.25. The first-order valence-corrected chi connectivity index (χ1v) is 11.2. The molecule has 0 spiro atoms. The average Bonchev–Trinajstić information content (AvgIpc) is 2.92. The van der Waals surface area contributed by atoms with Crippen LogP contribution in [0.5, 0.6) is 0 Å². The van der Waals surface area contributed by atoms with Gasteiger partial charge < -0.3 is 4.90 Å². The maximum atomic E-state index is 13.4. The van der Waals surface area contributed by atoms with Gasteiger partial charge in [0.1, 0.15) is 0 Å². The van der Waals surface area contributed by atoms with Crippen LogP contribution in [-0.4, -0.2) is 51.7 Å². The summed E-state index contributed by atoms with van der Waals surface area (Å²) in [5.74, 6) is 0.0997. The first kappa shape index (κ1) is 21.6. The van der Waals surface area contributed by atoms with Gasteiger partial charge in [0.15, 0.2) is 0 Å². The van der Waals surface area contributed by atoms with E-state index in [2.05, 4.69) is 34.3 Å². The van der Waals surface area contributed by atoms with E-state index in [0.717, 1.165) is 61.1 Å². The summed E-state index contributed by atoms with van der Waals surface area (Å²) < 4.78 is 1.95. The molecule has 31 heavy (non-hydrogen) atoms. The monoisotopic (exact) mass is 436 g/mol. The van der Waals surface area contributed by atoms with Crippen LogP contribution in [-0.2, 0) is 13.1 Å². The number of halogens is 1. The SMILES string of the molecule is Cc1nn(Cc2ccccc2)c(C)c1C(=O)N1CCCN(Cc2ccc(Cl)cc2)CC1. The third kappa shape index (κ3) is 5.17. The van der Waals surface area contributed by atoms with Crippen LogP contribution in [0.25, 0.3) is 0 Å². The van der Waals surface area contributed by atoms with Gasteiger partial charge in [0, 0.05) is 43.4 Å². The number of hydrogen-bond donors (Lipinski definition) is 0. The van der Waals surface area contributed by atoms with Gasteiger partial charge in [0.25, 0.3) is 5.91 Å². The number of aromatic nitrogens is 2.